The SMILES string of the molecule is CC(=O)O[C@H]1C[C@@]2(C)[C@H](c3ccoc3)OC(=O)[C@H]3O[C@]32[C@]2(C)C(=O)CC3C(C)(C)OC(=O)C=C[C@]3(C)C12. The highest BCUT2D eigenvalue weighted by Crippen LogP contribution is 2.78. The number of furan rings is 1. The lowest BCUT2D eigenvalue weighted by molar-refractivity contribution is -0.244. The van der Waals surface area contributed by atoms with Crippen LogP contribution in [-0.4, -0.2) is 47.1 Å². The summed E-state index contributed by atoms with van der Waals surface area (Å²) in [6, 6.07) is 1.73. The second kappa shape index (κ2) is 7.12. The van der Waals surface area contributed by atoms with Gasteiger partial charge in [0.15, 0.2) is 6.10 Å². The van der Waals surface area contributed by atoms with Crippen molar-refractivity contribution in [3.8, 4) is 0 Å². The molecular weight excluding hydrogens is 480 g/mol. The summed E-state index contributed by atoms with van der Waals surface area (Å²) in [5, 5.41) is 0. The number of hydrogen-bond acceptors (Lipinski definition) is 9. The van der Waals surface area contributed by atoms with Gasteiger partial charge in [0.25, 0.3) is 0 Å². The van der Waals surface area contributed by atoms with Crippen LogP contribution in [0.5, 0.6) is 0 Å². The van der Waals surface area contributed by atoms with E-state index in [2.05, 4.69) is 0 Å². The summed E-state index contributed by atoms with van der Waals surface area (Å²) in [4.78, 5) is 52.7. The first-order valence-electron chi connectivity index (χ1n) is 12.8. The van der Waals surface area contributed by atoms with Crippen molar-refractivity contribution in [2.75, 3.05) is 0 Å². The van der Waals surface area contributed by atoms with Gasteiger partial charge in [-0.2, -0.15) is 0 Å². The lowest BCUT2D eigenvalue weighted by Gasteiger charge is -2.66. The second-order valence-corrected chi connectivity index (χ2v) is 12.5. The maximum atomic E-state index is 14.4. The molecular formula is C28H32O9. The maximum Gasteiger partial charge on any atom is 0.339 e. The summed E-state index contributed by atoms with van der Waals surface area (Å²) in [7, 11) is 0. The van der Waals surface area contributed by atoms with Crippen LogP contribution < -0.4 is 0 Å². The number of esters is 3. The van der Waals surface area contributed by atoms with Crippen molar-refractivity contribution in [2.45, 2.75) is 83.9 Å². The van der Waals surface area contributed by atoms with E-state index in [1.54, 1.807) is 6.07 Å². The number of ketones is 1. The predicted molar refractivity (Wildman–Crippen MR) is 126 cm³/mol. The molecule has 4 heterocycles. The van der Waals surface area contributed by atoms with Crippen molar-refractivity contribution in [2.24, 2.45) is 28.1 Å². The van der Waals surface area contributed by atoms with Gasteiger partial charge in [-0.25, -0.2) is 9.59 Å². The van der Waals surface area contributed by atoms with Crippen LogP contribution in [0.1, 0.15) is 66.1 Å². The number of cyclic esters (lactones) is 2. The second-order valence-electron chi connectivity index (χ2n) is 12.5. The van der Waals surface area contributed by atoms with Gasteiger partial charge in [0.05, 0.1) is 17.9 Å². The third-order valence-electron chi connectivity index (χ3n) is 10.2. The summed E-state index contributed by atoms with van der Waals surface area (Å²) in [5.74, 6) is -2.57. The standard InChI is InChI=1S/C28H32O9/c1-14(29)34-16-12-26(5)21(15-8-10-33-13-15)35-23(32)22-28(26,37-22)27(6)18(30)11-17-24(2,3)36-19(31)7-9-25(17,4)20(16)27/h7-10,13,16-17,20-22H,11-12H2,1-6H3/t16-,17?,20?,21-,22+,25-,26-,27+,28+/m0/s1. The first kappa shape index (κ1) is 24.4. The molecule has 5 aliphatic rings. The number of epoxide rings is 1. The Balaban J connectivity index is 1.60. The molecule has 1 spiro atoms. The third kappa shape index (κ3) is 2.78. The highest BCUT2D eigenvalue weighted by atomic mass is 16.7. The van der Waals surface area contributed by atoms with E-state index < -0.39 is 69.6 Å². The Morgan fingerprint density at radius 1 is 1.08 bits per heavy atom. The molecule has 9 heteroatoms. The van der Waals surface area contributed by atoms with Crippen molar-refractivity contribution in [3.05, 3.63) is 36.3 Å². The molecule has 6 rings (SSSR count). The topological polar surface area (TPSA) is 122 Å². The van der Waals surface area contributed by atoms with Gasteiger partial charge in [0.1, 0.15) is 29.2 Å². The number of ether oxygens (including phenoxy) is 4. The number of allylic oxidation sites excluding steroid dienone is 1. The number of carbonyl (C=O) groups is 4. The molecule has 9 nitrogen and oxygen atoms in total. The molecule has 2 aliphatic carbocycles. The van der Waals surface area contributed by atoms with Crippen LogP contribution in [0, 0.1) is 28.1 Å². The van der Waals surface area contributed by atoms with Crippen LogP contribution in [0.15, 0.2) is 35.2 Å². The van der Waals surface area contributed by atoms with Crippen LogP contribution in [0.4, 0.5) is 0 Å². The minimum Gasteiger partial charge on any atom is -0.472 e. The number of Topliss-reactive ketones (excluding diaryl/α,β-unsaturated/α-hetero) is 1. The van der Waals surface area contributed by atoms with Gasteiger partial charge in [-0.15, -0.1) is 0 Å². The molecule has 0 aromatic carbocycles. The summed E-state index contributed by atoms with van der Waals surface area (Å²) in [5.41, 5.74) is -4.42. The van der Waals surface area contributed by atoms with Crippen molar-refractivity contribution in [1.82, 2.24) is 0 Å². The molecule has 37 heavy (non-hydrogen) atoms. The fourth-order valence-electron chi connectivity index (χ4n) is 8.93. The summed E-state index contributed by atoms with van der Waals surface area (Å²) < 4.78 is 29.4. The van der Waals surface area contributed by atoms with Gasteiger partial charge in [-0.05, 0) is 33.3 Å². The van der Waals surface area contributed by atoms with Gasteiger partial charge in [-0.3, -0.25) is 9.59 Å². The number of hydrogen-bond donors (Lipinski definition) is 0. The van der Waals surface area contributed by atoms with E-state index >= 15 is 0 Å². The van der Waals surface area contributed by atoms with E-state index in [0.29, 0.717) is 5.56 Å². The molecule has 3 aliphatic heterocycles. The molecule has 0 amide bonds. The quantitative estimate of drug-likeness (QED) is 0.333. The van der Waals surface area contributed by atoms with E-state index in [-0.39, 0.29) is 24.5 Å². The molecule has 2 unspecified atom stereocenters. The Morgan fingerprint density at radius 3 is 2.46 bits per heavy atom. The Hall–Kier alpha value is -2.94. The average molecular weight is 513 g/mol. The first-order chi connectivity index (χ1) is 17.2. The molecule has 1 aromatic rings. The van der Waals surface area contributed by atoms with Gasteiger partial charge >= 0.3 is 17.9 Å². The van der Waals surface area contributed by atoms with Gasteiger partial charge in [0, 0.05) is 47.6 Å². The fourth-order valence-corrected chi connectivity index (χ4v) is 8.93. The normalized spacial score (nSPS) is 47.3. The van der Waals surface area contributed by atoms with Crippen molar-refractivity contribution < 1.29 is 42.5 Å². The molecule has 0 bridgehead atoms. The Morgan fingerprint density at radius 2 is 1.81 bits per heavy atom. The fraction of sp³-hybridized carbons (Fsp3) is 0.643. The van der Waals surface area contributed by atoms with Gasteiger partial charge < -0.3 is 23.4 Å². The van der Waals surface area contributed by atoms with Crippen molar-refractivity contribution in [3.63, 3.8) is 0 Å². The number of rotatable bonds is 2. The zero-order chi connectivity index (χ0) is 26.8. The molecule has 2 saturated heterocycles. The first-order valence-corrected chi connectivity index (χ1v) is 12.8. The Labute approximate surface area is 214 Å². The average Bonchev–Trinajstić information content (AvgIpc) is 3.39. The van der Waals surface area contributed by atoms with Crippen LogP contribution in [-0.2, 0) is 38.1 Å². The number of carbonyl (C=O) groups excluding carboxylic acids is 4. The molecule has 9 atom stereocenters. The summed E-state index contributed by atoms with van der Waals surface area (Å²) in [6.07, 6.45) is 4.23. The summed E-state index contributed by atoms with van der Waals surface area (Å²) >= 11 is 0. The lowest BCUT2D eigenvalue weighted by Crippen LogP contribution is -2.74. The van der Waals surface area contributed by atoms with Crippen LogP contribution >= 0.6 is 0 Å². The molecule has 0 N–H and O–H groups in total. The molecule has 1 aromatic heterocycles. The van der Waals surface area contributed by atoms with Gasteiger partial charge in [0.2, 0.25) is 0 Å². The molecule has 4 fully saturated rings. The zero-order valence-electron chi connectivity index (χ0n) is 21.9. The molecule has 198 valence electrons. The molecule has 2 saturated carbocycles. The van der Waals surface area contributed by atoms with E-state index in [9.17, 15) is 19.2 Å². The minimum atomic E-state index is -1.23. The lowest BCUT2D eigenvalue weighted by atomic mass is 9.37. The largest absolute Gasteiger partial charge is 0.472 e. The third-order valence-corrected chi connectivity index (χ3v) is 10.2. The van der Waals surface area contributed by atoms with E-state index in [4.69, 9.17) is 23.4 Å². The van der Waals surface area contributed by atoms with Crippen LogP contribution in [0.25, 0.3) is 0 Å². The molecule has 0 radical (unpaired) electrons. The smallest absolute Gasteiger partial charge is 0.339 e. The number of fused-ring (bicyclic) bond motifs is 3. The van der Waals surface area contributed by atoms with Crippen LogP contribution in [0.3, 0.4) is 0 Å². The van der Waals surface area contributed by atoms with E-state index in [1.807, 2.05) is 40.7 Å². The summed E-state index contributed by atoms with van der Waals surface area (Å²) in [6.45, 7) is 10.7. The van der Waals surface area contributed by atoms with Crippen LogP contribution in [0.2, 0.25) is 0 Å². The predicted octanol–water partition coefficient (Wildman–Crippen LogP) is 3.47. The monoisotopic (exact) mass is 512 g/mol. The van der Waals surface area contributed by atoms with Gasteiger partial charge in [-0.1, -0.05) is 19.9 Å². The van der Waals surface area contributed by atoms with Crippen molar-refractivity contribution >= 4 is 23.7 Å². The minimum absolute atomic E-state index is 0.106. The highest BCUT2D eigenvalue weighted by Gasteiger charge is 2.89. The van der Waals surface area contributed by atoms with E-state index in [0.717, 1.165) is 0 Å². The Kier molecular flexibility index (Phi) is 4.70. The highest BCUT2D eigenvalue weighted by molar-refractivity contribution is 5.94. The maximum absolute atomic E-state index is 14.4. The Bertz CT molecular complexity index is 1250. The van der Waals surface area contributed by atoms with Crippen molar-refractivity contribution in [1.29, 1.82) is 0 Å². The zero-order valence-corrected chi connectivity index (χ0v) is 21.9. The van der Waals surface area contributed by atoms with E-state index in [1.165, 1.54) is 25.5 Å².